The first-order valence-corrected chi connectivity index (χ1v) is 14.9. The molecular weight excluding hydrogens is 526 g/mol. The van der Waals surface area contributed by atoms with Crippen LogP contribution in [-0.2, 0) is 20.8 Å². The Morgan fingerprint density at radius 1 is 1.11 bits per heavy atom. The van der Waals surface area contributed by atoms with E-state index < -0.39 is 14.5 Å². The van der Waals surface area contributed by atoms with Crippen molar-refractivity contribution < 1.29 is 37.6 Å². The first kappa shape index (κ1) is 29.2. The number of carbonyl (C=O) groups excluding carboxylic acids is 3. The minimum atomic E-state index is -4.81. The molecule has 37 heavy (non-hydrogen) atoms. The number of fused-ring (bicyclic) bond motifs is 1. The number of unbranched alkanes of at least 4 members (excludes halogenated alkanes) is 3. The SMILES string of the molecule is O=C(CCCCC1SCC2NC(=O)NC21)NCCCCCC(=O)Nc1ccc(OP(=O)(O)O)c(CF)c1. The van der Waals surface area contributed by atoms with Crippen LogP contribution in [0.3, 0.4) is 0 Å². The number of hydrogen-bond acceptors (Lipinski definition) is 6. The molecule has 14 heteroatoms. The summed E-state index contributed by atoms with van der Waals surface area (Å²) >= 11 is 1.87. The number of carbonyl (C=O) groups is 3. The maximum atomic E-state index is 13.2. The molecular formula is C23H34FN4O7PS. The number of phosphoric ester groups is 1. The number of urea groups is 1. The number of anilines is 1. The lowest BCUT2D eigenvalue weighted by molar-refractivity contribution is -0.121. The molecule has 11 nitrogen and oxygen atoms in total. The molecule has 2 aliphatic heterocycles. The molecule has 3 unspecified atom stereocenters. The number of hydrogen-bond donors (Lipinski definition) is 6. The lowest BCUT2D eigenvalue weighted by Gasteiger charge is -2.16. The van der Waals surface area contributed by atoms with E-state index in [1.165, 1.54) is 18.2 Å². The summed E-state index contributed by atoms with van der Waals surface area (Å²) in [5.41, 5.74) is 0.224. The first-order valence-electron chi connectivity index (χ1n) is 12.3. The van der Waals surface area contributed by atoms with Crippen molar-refractivity contribution in [2.45, 2.75) is 75.4 Å². The second-order valence-corrected chi connectivity index (χ2v) is 11.6. The molecule has 206 valence electrons. The third-order valence-electron chi connectivity index (χ3n) is 6.19. The standard InChI is InChI=1S/C23H34FN4O7PS/c24-13-15-12-16(9-10-18(15)35-36(32,33)34)26-21(30)8-2-1-5-11-25-20(29)7-4-3-6-19-22-17(14-37-19)27-23(31)28-22/h9-10,12,17,19,22H,1-8,11,13-14H2,(H,25,29)(H,26,30)(H2,27,28,31)(H2,32,33,34). The van der Waals surface area contributed by atoms with Gasteiger partial charge in [0.1, 0.15) is 12.4 Å². The number of amides is 4. The van der Waals surface area contributed by atoms with Gasteiger partial charge >= 0.3 is 13.9 Å². The molecule has 0 spiro atoms. The third kappa shape index (κ3) is 9.81. The summed E-state index contributed by atoms with van der Waals surface area (Å²) in [6.07, 6.45) is 5.54. The Morgan fingerprint density at radius 2 is 1.86 bits per heavy atom. The zero-order valence-electron chi connectivity index (χ0n) is 20.4. The molecule has 4 amide bonds. The highest BCUT2D eigenvalue weighted by molar-refractivity contribution is 8.00. The van der Waals surface area contributed by atoms with Gasteiger partial charge in [0.25, 0.3) is 0 Å². The van der Waals surface area contributed by atoms with Gasteiger partial charge in [0.05, 0.1) is 12.1 Å². The highest BCUT2D eigenvalue weighted by Gasteiger charge is 2.42. The monoisotopic (exact) mass is 560 g/mol. The zero-order valence-corrected chi connectivity index (χ0v) is 22.1. The first-order chi connectivity index (χ1) is 17.6. The number of rotatable bonds is 15. The number of benzene rings is 1. The van der Waals surface area contributed by atoms with Crippen molar-refractivity contribution in [3.05, 3.63) is 23.8 Å². The average molecular weight is 561 g/mol. The van der Waals surface area contributed by atoms with E-state index >= 15 is 0 Å². The molecule has 0 radical (unpaired) electrons. The van der Waals surface area contributed by atoms with Crippen LogP contribution < -0.4 is 25.8 Å². The second kappa shape index (κ2) is 14.0. The topological polar surface area (TPSA) is 166 Å². The van der Waals surface area contributed by atoms with Crippen molar-refractivity contribution in [2.75, 3.05) is 17.6 Å². The molecule has 6 N–H and O–H groups in total. The van der Waals surface area contributed by atoms with Gasteiger partial charge in [-0.05, 0) is 43.9 Å². The average Bonchev–Trinajstić information content (AvgIpc) is 3.38. The summed E-state index contributed by atoms with van der Waals surface area (Å²) in [4.78, 5) is 53.3. The van der Waals surface area contributed by atoms with Crippen molar-refractivity contribution in [2.24, 2.45) is 0 Å². The fraction of sp³-hybridized carbons (Fsp3) is 0.609. The van der Waals surface area contributed by atoms with Gasteiger partial charge in [0.2, 0.25) is 11.8 Å². The van der Waals surface area contributed by atoms with Crippen LogP contribution in [0, 0.1) is 0 Å². The molecule has 0 aromatic heterocycles. The highest BCUT2D eigenvalue weighted by Crippen LogP contribution is 2.40. The van der Waals surface area contributed by atoms with E-state index in [0.717, 1.165) is 37.9 Å². The van der Waals surface area contributed by atoms with Gasteiger partial charge in [0.15, 0.2) is 0 Å². The predicted octanol–water partition coefficient (Wildman–Crippen LogP) is 2.97. The minimum absolute atomic E-state index is 0.0142. The predicted molar refractivity (Wildman–Crippen MR) is 138 cm³/mol. The lowest BCUT2D eigenvalue weighted by Crippen LogP contribution is -2.36. The van der Waals surface area contributed by atoms with E-state index in [2.05, 4.69) is 25.8 Å². The quantitative estimate of drug-likeness (QED) is 0.108. The normalized spacial score (nSPS) is 20.6. The van der Waals surface area contributed by atoms with Crippen molar-refractivity contribution >= 4 is 43.1 Å². The molecule has 2 saturated heterocycles. The van der Waals surface area contributed by atoms with Gasteiger partial charge in [0, 0.05) is 41.6 Å². The van der Waals surface area contributed by atoms with Gasteiger partial charge in [-0.25, -0.2) is 13.8 Å². The molecule has 1 aromatic carbocycles. The zero-order chi connectivity index (χ0) is 26.8. The summed E-state index contributed by atoms with van der Waals surface area (Å²) in [7, 11) is -4.81. The van der Waals surface area contributed by atoms with E-state index in [1.807, 2.05) is 11.8 Å². The van der Waals surface area contributed by atoms with Crippen LogP contribution in [0.4, 0.5) is 14.9 Å². The van der Waals surface area contributed by atoms with Crippen LogP contribution in [0.5, 0.6) is 5.75 Å². The Labute approximate surface area is 219 Å². The number of alkyl halides is 1. The largest absolute Gasteiger partial charge is 0.524 e. The van der Waals surface area contributed by atoms with E-state index in [4.69, 9.17) is 9.79 Å². The van der Waals surface area contributed by atoms with Crippen molar-refractivity contribution in [1.29, 1.82) is 0 Å². The summed E-state index contributed by atoms with van der Waals surface area (Å²) in [5, 5.41) is 11.8. The number of thioether (sulfide) groups is 1. The fourth-order valence-corrected chi connectivity index (χ4v) is 6.36. The smallest absolute Gasteiger partial charge is 0.404 e. The van der Waals surface area contributed by atoms with E-state index in [0.29, 0.717) is 30.3 Å². The summed E-state index contributed by atoms with van der Waals surface area (Å²) < 4.78 is 28.6. The molecule has 2 heterocycles. The maximum Gasteiger partial charge on any atom is 0.524 e. The van der Waals surface area contributed by atoms with Gasteiger partial charge in [-0.1, -0.05) is 12.8 Å². The number of nitrogens with one attached hydrogen (secondary N) is 4. The molecule has 2 aliphatic rings. The molecule has 3 atom stereocenters. The summed E-state index contributed by atoms with van der Waals surface area (Å²) in [6.45, 7) is -0.468. The highest BCUT2D eigenvalue weighted by atomic mass is 32.2. The fourth-order valence-electron chi connectivity index (χ4n) is 4.38. The Balaban J connectivity index is 1.21. The van der Waals surface area contributed by atoms with Crippen LogP contribution in [0.15, 0.2) is 18.2 Å². The van der Waals surface area contributed by atoms with Crippen LogP contribution in [0.1, 0.15) is 56.9 Å². The Morgan fingerprint density at radius 3 is 2.62 bits per heavy atom. The summed E-state index contributed by atoms with van der Waals surface area (Å²) in [6, 6.07) is 4.17. The van der Waals surface area contributed by atoms with Gasteiger partial charge in [-0.15, -0.1) is 0 Å². The number of phosphoric acid groups is 1. The van der Waals surface area contributed by atoms with Crippen molar-refractivity contribution in [3.8, 4) is 5.75 Å². The van der Waals surface area contributed by atoms with E-state index in [9.17, 15) is 23.3 Å². The van der Waals surface area contributed by atoms with Crippen molar-refractivity contribution in [1.82, 2.24) is 16.0 Å². The summed E-state index contributed by atoms with van der Waals surface area (Å²) in [5.74, 6) is 0.400. The second-order valence-electron chi connectivity index (χ2n) is 9.11. The van der Waals surface area contributed by atoms with Crippen LogP contribution in [0.2, 0.25) is 0 Å². The molecule has 0 aliphatic carbocycles. The lowest BCUT2D eigenvalue weighted by atomic mass is 10.0. The van der Waals surface area contributed by atoms with Gasteiger partial charge in [-0.2, -0.15) is 11.8 Å². The molecule has 0 saturated carbocycles. The maximum absolute atomic E-state index is 13.2. The molecule has 0 bridgehead atoms. The molecule has 2 fully saturated rings. The Hall–Kier alpha value is -2.34. The van der Waals surface area contributed by atoms with E-state index in [-0.39, 0.29) is 47.7 Å². The van der Waals surface area contributed by atoms with Gasteiger partial charge < -0.3 is 25.8 Å². The van der Waals surface area contributed by atoms with Crippen LogP contribution >= 0.6 is 19.6 Å². The van der Waals surface area contributed by atoms with Gasteiger partial charge in [-0.3, -0.25) is 19.4 Å². The minimum Gasteiger partial charge on any atom is -0.404 e. The van der Waals surface area contributed by atoms with E-state index in [1.54, 1.807) is 0 Å². The van der Waals surface area contributed by atoms with Crippen LogP contribution in [-0.4, -0.2) is 57.3 Å². The van der Waals surface area contributed by atoms with Crippen LogP contribution in [0.25, 0.3) is 0 Å². The van der Waals surface area contributed by atoms with Crippen molar-refractivity contribution in [3.63, 3.8) is 0 Å². The Bertz CT molecular complexity index is 1010. The third-order valence-corrected chi connectivity index (χ3v) is 8.13. The Kier molecular flexibility index (Phi) is 11.0. The molecule has 3 rings (SSSR count). The molecule has 1 aromatic rings. The number of halogens is 1.